The summed E-state index contributed by atoms with van der Waals surface area (Å²) in [5, 5.41) is 3.01. The predicted octanol–water partition coefficient (Wildman–Crippen LogP) is 9.31. The van der Waals surface area contributed by atoms with E-state index >= 15 is 0 Å². The first-order chi connectivity index (χ1) is 14.0. The summed E-state index contributed by atoms with van der Waals surface area (Å²) in [5.74, 6) is 1.80. The third kappa shape index (κ3) is 5.29. The predicted molar refractivity (Wildman–Crippen MR) is 144 cm³/mol. The second kappa shape index (κ2) is 11.2. The van der Waals surface area contributed by atoms with Crippen LogP contribution in [0.15, 0.2) is 19.7 Å². The molecule has 2 aromatic rings. The fourth-order valence-electron chi connectivity index (χ4n) is 5.31. The van der Waals surface area contributed by atoms with Gasteiger partial charge in [0.1, 0.15) is 0 Å². The van der Waals surface area contributed by atoms with Gasteiger partial charge in [0, 0.05) is 0 Å². The first-order valence-corrected chi connectivity index (χ1v) is 19.9. The van der Waals surface area contributed by atoms with Crippen molar-refractivity contribution in [3.05, 3.63) is 19.7 Å². The summed E-state index contributed by atoms with van der Waals surface area (Å²) >= 11 is 9.29. The van der Waals surface area contributed by atoms with Crippen molar-refractivity contribution in [2.45, 2.75) is 89.6 Å². The molecule has 2 unspecified atom stereocenters. The van der Waals surface area contributed by atoms with E-state index in [1.807, 2.05) is 31.5 Å². The van der Waals surface area contributed by atoms with Gasteiger partial charge >= 0.3 is 207 Å². The average molecular weight is 621 g/mol. The van der Waals surface area contributed by atoms with Crippen molar-refractivity contribution in [3.8, 4) is 9.75 Å². The molecule has 0 amide bonds. The molecule has 0 fully saturated rings. The minimum atomic E-state index is -2.42. The molecule has 162 valence electrons. The summed E-state index contributed by atoms with van der Waals surface area (Å²) in [4.78, 5) is 3.25. The Labute approximate surface area is 205 Å². The van der Waals surface area contributed by atoms with Gasteiger partial charge in [0.05, 0.1) is 0 Å². The number of halogens is 2. The Morgan fingerprint density at radius 1 is 0.759 bits per heavy atom. The van der Waals surface area contributed by atoms with E-state index in [0.717, 1.165) is 11.8 Å². The van der Waals surface area contributed by atoms with Crippen LogP contribution in [0, 0.1) is 11.8 Å². The van der Waals surface area contributed by atoms with Crippen LogP contribution < -0.4 is 8.79 Å². The topological polar surface area (TPSA) is 0 Å². The molecule has 0 radical (unpaired) electrons. The Morgan fingerprint density at radius 2 is 1.17 bits per heavy atom. The molecule has 2 aromatic heterocycles. The number of hydrogen-bond donors (Lipinski definition) is 0. The van der Waals surface area contributed by atoms with Gasteiger partial charge in [-0.15, -0.1) is 0 Å². The van der Waals surface area contributed by atoms with Gasteiger partial charge in [0.15, 0.2) is 0 Å². The van der Waals surface area contributed by atoms with E-state index in [9.17, 15) is 0 Å². The monoisotopic (exact) mass is 620 g/mol. The molecule has 3 heterocycles. The van der Waals surface area contributed by atoms with Gasteiger partial charge in [-0.05, 0) is 0 Å². The zero-order valence-corrected chi connectivity index (χ0v) is 25.4. The molecule has 0 saturated heterocycles. The van der Waals surface area contributed by atoms with E-state index in [2.05, 4.69) is 71.7 Å². The van der Waals surface area contributed by atoms with Crippen LogP contribution >= 0.6 is 54.5 Å². The SMILES string of the molecule is CCCCC(CC)[CH2][Ge]1([CH2]C(CC)CCCC)[c]2cc(Br)sc2-c2sc(Br)c[c]21. The van der Waals surface area contributed by atoms with Crippen molar-refractivity contribution < 1.29 is 0 Å². The second-order valence-electron chi connectivity index (χ2n) is 8.91. The number of unbranched alkanes of at least 4 members (excludes halogenated alkanes) is 2. The molecule has 0 spiro atoms. The zero-order chi connectivity index (χ0) is 21.0. The van der Waals surface area contributed by atoms with Crippen molar-refractivity contribution in [1.29, 1.82) is 0 Å². The third-order valence-corrected chi connectivity index (χ3v) is 22.5. The van der Waals surface area contributed by atoms with Crippen molar-refractivity contribution in [3.63, 3.8) is 0 Å². The first kappa shape index (κ1) is 24.5. The Morgan fingerprint density at radius 3 is 1.52 bits per heavy atom. The van der Waals surface area contributed by atoms with Crippen LogP contribution in [-0.2, 0) is 0 Å². The number of rotatable bonds is 12. The molecule has 2 atom stereocenters. The summed E-state index contributed by atoms with van der Waals surface area (Å²) in [6, 6.07) is 5.11. The van der Waals surface area contributed by atoms with Gasteiger partial charge in [-0.25, -0.2) is 0 Å². The summed E-state index contributed by atoms with van der Waals surface area (Å²) in [6.45, 7) is 9.57. The first-order valence-electron chi connectivity index (χ1n) is 11.6. The fourth-order valence-corrected chi connectivity index (χ4v) is 26.0. The van der Waals surface area contributed by atoms with E-state index in [1.54, 1.807) is 9.75 Å². The van der Waals surface area contributed by atoms with Crippen LogP contribution in [0.5, 0.6) is 0 Å². The Balaban J connectivity index is 2.06. The molecule has 0 bridgehead atoms. The molecular weight excluding hydrogens is 585 g/mol. The van der Waals surface area contributed by atoms with Gasteiger partial charge < -0.3 is 0 Å². The Hall–Kier alpha value is 0.903. The number of thiophene rings is 2. The van der Waals surface area contributed by atoms with Crippen LogP contribution in [-0.4, -0.2) is 13.3 Å². The Kier molecular flexibility index (Phi) is 9.45. The quantitative estimate of drug-likeness (QED) is 0.208. The summed E-state index contributed by atoms with van der Waals surface area (Å²) < 4.78 is 6.33. The molecule has 1 aliphatic rings. The molecule has 0 nitrogen and oxygen atoms in total. The maximum absolute atomic E-state index is 3.86. The zero-order valence-electron chi connectivity index (χ0n) is 18.5. The fraction of sp³-hybridized carbons (Fsp3) is 0.667. The van der Waals surface area contributed by atoms with Gasteiger partial charge in [-0.2, -0.15) is 0 Å². The van der Waals surface area contributed by atoms with E-state index in [1.165, 1.54) is 69.4 Å². The minimum absolute atomic E-state index is 0.898. The summed E-state index contributed by atoms with van der Waals surface area (Å²) in [7, 11) is 0. The van der Waals surface area contributed by atoms with Crippen LogP contribution in [0.4, 0.5) is 0 Å². The van der Waals surface area contributed by atoms with Crippen LogP contribution in [0.25, 0.3) is 9.75 Å². The molecule has 5 heteroatoms. The molecule has 0 aromatic carbocycles. The van der Waals surface area contributed by atoms with E-state index < -0.39 is 13.3 Å². The third-order valence-electron chi connectivity index (χ3n) is 7.00. The molecule has 0 N–H and O–H groups in total. The standard InChI is InChI=1S/C24H36Br2GeS2/c1-5-9-11-17(7-3)15-27(16-18(8-4)12-10-6-2)19-13-21(25)28-23(19)24-20(27)14-22(26)29-24/h13-14,17-18H,5-12,15-16H2,1-4H3. The van der Waals surface area contributed by atoms with Gasteiger partial charge in [-0.1, -0.05) is 0 Å². The number of fused-ring (bicyclic) bond motifs is 3. The molecule has 0 saturated carbocycles. The van der Waals surface area contributed by atoms with E-state index in [0.29, 0.717) is 0 Å². The molecule has 0 aliphatic carbocycles. The molecule has 3 rings (SSSR count). The molecule has 1 aliphatic heterocycles. The Bertz CT molecular complexity index is 729. The van der Waals surface area contributed by atoms with Crippen LogP contribution in [0.3, 0.4) is 0 Å². The van der Waals surface area contributed by atoms with E-state index in [-0.39, 0.29) is 0 Å². The normalized spacial score (nSPS) is 16.6. The second-order valence-corrected chi connectivity index (χ2v) is 22.3. The maximum atomic E-state index is 3.86. The molecular formula is C24H36Br2GeS2. The molecule has 29 heavy (non-hydrogen) atoms. The van der Waals surface area contributed by atoms with E-state index in [4.69, 9.17) is 0 Å². The van der Waals surface area contributed by atoms with Crippen LogP contribution in [0.2, 0.25) is 10.5 Å². The van der Waals surface area contributed by atoms with Gasteiger partial charge in [-0.3, -0.25) is 0 Å². The average Bonchev–Trinajstić information content (AvgIpc) is 3.34. The van der Waals surface area contributed by atoms with Crippen LogP contribution in [0.1, 0.15) is 79.1 Å². The van der Waals surface area contributed by atoms with Crippen molar-refractivity contribution in [1.82, 2.24) is 0 Å². The van der Waals surface area contributed by atoms with Crippen molar-refractivity contribution in [2.75, 3.05) is 0 Å². The number of hydrogen-bond acceptors (Lipinski definition) is 2. The van der Waals surface area contributed by atoms with Gasteiger partial charge in [0.2, 0.25) is 0 Å². The van der Waals surface area contributed by atoms with Gasteiger partial charge in [0.25, 0.3) is 0 Å². The van der Waals surface area contributed by atoms with Crippen molar-refractivity contribution in [2.24, 2.45) is 11.8 Å². The van der Waals surface area contributed by atoms with Crippen molar-refractivity contribution >= 4 is 76.6 Å². The summed E-state index contributed by atoms with van der Waals surface area (Å²) in [5.41, 5.74) is 0. The summed E-state index contributed by atoms with van der Waals surface area (Å²) in [6.07, 6.45) is 11.0.